The van der Waals surface area contributed by atoms with Gasteiger partial charge in [0, 0.05) is 25.3 Å². The van der Waals surface area contributed by atoms with E-state index in [1.165, 1.54) is 12.1 Å². The second kappa shape index (κ2) is 8.13. The fourth-order valence-electron chi connectivity index (χ4n) is 1.80. The number of rotatable bonds is 8. The summed E-state index contributed by atoms with van der Waals surface area (Å²) in [5.41, 5.74) is 6.12. The Labute approximate surface area is 106 Å². The van der Waals surface area contributed by atoms with Gasteiger partial charge in [-0.2, -0.15) is 0 Å². The molecule has 18 heavy (non-hydrogen) atoms. The molecular weight excluding hydrogens is 238 g/mol. The molecule has 0 heterocycles. The summed E-state index contributed by atoms with van der Waals surface area (Å²) in [6.07, 6.45) is 2.58. The predicted octanol–water partition coefficient (Wildman–Crippen LogP) is 1.72. The average Bonchev–Trinajstić information content (AvgIpc) is 2.32. The first-order valence-corrected chi connectivity index (χ1v) is 6.17. The Morgan fingerprint density at radius 1 is 1.11 bits per heavy atom. The third kappa shape index (κ3) is 5.08. The average molecular weight is 258 g/mol. The zero-order valence-corrected chi connectivity index (χ0v) is 10.3. The number of benzene rings is 1. The quantitative estimate of drug-likeness (QED) is 0.622. The molecule has 0 fully saturated rings. The Morgan fingerprint density at radius 2 is 1.78 bits per heavy atom. The lowest BCUT2D eigenvalue weighted by Gasteiger charge is -2.17. The Hall–Kier alpha value is -1.04. The zero-order chi connectivity index (χ0) is 13.4. The summed E-state index contributed by atoms with van der Waals surface area (Å²) in [6, 6.07) is 3.19. The summed E-state index contributed by atoms with van der Waals surface area (Å²) in [5, 5.41) is 11.8. The minimum atomic E-state index is -0.592. The SMILES string of the molecule is NCC(NCCCCCO)c1cc(F)cc(F)c1. The summed E-state index contributed by atoms with van der Waals surface area (Å²) >= 11 is 0. The van der Waals surface area contributed by atoms with Crippen LogP contribution in [-0.4, -0.2) is 24.8 Å². The molecule has 0 saturated heterocycles. The molecule has 1 atom stereocenters. The summed E-state index contributed by atoms with van der Waals surface area (Å²) in [4.78, 5) is 0. The largest absolute Gasteiger partial charge is 0.396 e. The van der Waals surface area contributed by atoms with Crippen molar-refractivity contribution in [2.45, 2.75) is 25.3 Å². The van der Waals surface area contributed by atoms with Gasteiger partial charge in [0.05, 0.1) is 0 Å². The van der Waals surface area contributed by atoms with E-state index < -0.39 is 11.6 Å². The van der Waals surface area contributed by atoms with Gasteiger partial charge in [-0.05, 0) is 43.5 Å². The molecule has 5 heteroatoms. The van der Waals surface area contributed by atoms with Crippen LogP contribution in [0.2, 0.25) is 0 Å². The van der Waals surface area contributed by atoms with Crippen LogP contribution in [0.15, 0.2) is 18.2 Å². The summed E-state index contributed by atoms with van der Waals surface area (Å²) < 4.78 is 26.2. The van der Waals surface area contributed by atoms with Crippen LogP contribution >= 0.6 is 0 Å². The molecule has 0 aliphatic carbocycles. The number of hydrogen-bond acceptors (Lipinski definition) is 3. The van der Waals surface area contributed by atoms with Crippen molar-refractivity contribution in [1.29, 1.82) is 0 Å². The van der Waals surface area contributed by atoms with E-state index in [4.69, 9.17) is 10.8 Å². The number of halogens is 2. The summed E-state index contributed by atoms with van der Waals surface area (Å²) in [5.74, 6) is -1.18. The lowest BCUT2D eigenvalue weighted by atomic mass is 10.1. The van der Waals surface area contributed by atoms with E-state index in [1.54, 1.807) is 0 Å². The van der Waals surface area contributed by atoms with E-state index in [-0.39, 0.29) is 19.2 Å². The lowest BCUT2D eigenvalue weighted by molar-refractivity contribution is 0.282. The van der Waals surface area contributed by atoms with E-state index in [0.717, 1.165) is 25.3 Å². The molecule has 0 aliphatic heterocycles. The highest BCUT2D eigenvalue weighted by Gasteiger charge is 2.11. The van der Waals surface area contributed by atoms with Gasteiger partial charge in [-0.1, -0.05) is 0 Å². The van der Waals surface area contributed by atoms with Crippen molar-refractivity contribution >= 4 is 0 Å². The number of nitrogens with two attached hydrogens (primary N) is 1. The van der Waals surface area contributed by atoms with E-state index >= 15 is 0 Å². The van der Waals surface area contributed by atoms with Crippen LogP contribution in [0.1, 0.15) is 30.9 Å². The normalized spacial score (nSPS) is 12.7. The highest BCUT2D eigenvalue weighted by Crippen LogP contribution is 2.15. The van der Waals surface area contributed by atoms with Crippen molar-refractivity contribution in [3.8, 4) is 0 Å². The van der Waals surface area contributed by atoms with Crippen LogP contribution in [0, 0.1) is 11.6 Å². The maximum absolute atomic E-state index is 13.1. The highest BCUT2D eigenvalue weighted by molar-refractivity contribution is 5.21. The maximum Gasteiger partial charge on any atom is 0.126 e. The molecular formula is C13H20F2N2O. The Bertz CT molecular complexity index is 341. The third-order valence-electron chi connectivity index (χ3n) is 2.75. The summed E-state index contributed by atoms with van der Waals surface area (Å²) in [6.45, 7) is 1.18. The van der Waals surface area contributed by atoms with Crippen molar-refractivity contribution in [3.63, 3.8) is 0 Å². The number of unbranched alkanes of at least 4 members (excludes halogenated alkanes) is 2. The van der Waals surface area contributed by atoms with Gasteiger partial charge in [0.25, 0.3) is 0 Å². The van der Waals surface area contributed by atoms with Gasteiger partial charge in [0.15, 0.2) is 0 Å². The topological polar surface area (TPSA) is 58.3 Å². The molecule has 0 aromatic heterocycles. The van der Waals surface area contributed by atoms with Crippen LogP contribution in [0.4, 0.5) is 8.78 Å². The molecule has 0 aliphatic rings. The van der Waals surface area contributed by atoms with Gasteiger partial charge in [-0.15, -0.1) is 0 Å². The third-order valence-corrected chi connectivity index (χ3v) is 2.75. The van der Waals surface area contributed by atoms with Crippen LogP contribution in [-0.2, 0) is 0 Å². The minimum absolute atomic E-state index is 0.190. The van der Waals surface area contributed by atoms with Gasteiger partial charge in [0.2, 0.25) is 0 Å². The van der Waals surface area contributed by atoms with Crippen molar-refractivity contribution < 1.29 is 13.9 Å². The van der Waals surface area contributed by atoms with Crippen LogP contribution in [0.3, 0.4) is 0 Å². The number of aliphatic hydroxyl groups is 1. The second-order valence-corrected chi connectivity index (χ2v) is 4.23. The Kier molecular flexibility index (Phi) is 6.78. The molecule has 3 nitrogen and oxygen atoms in total. The molecule has 102 valence electrons. The smallest absolute Gasteiger partial charge is 0.126 e. The fourth-order valence-corrected chi connectivity index (χ4v) is 1.80. The Morgan fingerprint density at radius 3 is 2.33 bits per heavy atom. The zero-order valence-electron chi connectivity index (χ0n) is 10.3. The van der Waals surface area contributed by atoms with Crippen molar-refractivity contribution in [2.75, 3.05) is 19.7 Å². The predicted molar refractivity (Wildman–Crippen MR) is 67.1 cm³/mol. The van der Waals surface area contributed by atoms with E-state index in [0.29, 0.717) is 12.1 Å². The first kappa shape index (κ1) is 15.0. The van der Waals surface area contributed by atoms with Gasteiger partial charge in [0.1, 0.15) is 11.6 Å². The molecule has 1 unspecified atom stereocenters. The molecule has 1 aromatic carbocycles. The van der Waals surface area contributed by atoms with Crippen molar-refractivity contribution in [2.24, 2.45) is 5.73 Å². The highest BCUT2D eigenvalue weighted by atomic mass is 19.1. The lowest BCUT2D eigenvalue weighted by Crippen LogP contribution is -2.29. The molecule has 0 bridgehead atoms. The Balaban J connectivity index is 2.49. The van der Waals surface area contributed by atoms with Crippen LogP contribution in [0.5, 0.6) is 0 Å². The van der Waals surface area contributed by atoms with Gasteiger partial charge in [-0.3, -0.25) is 0 Å². The molecule has 1 aromatic rings. The molecule has 0 amide bonds. The molecule has 0 radical (unpaired) electrons. The van der Waals surface area contributed by atoms with Crippen molar-refractivity contribution in [1.82, 2.24) is 5.32 Å². The monoisotopic (exact) mass is 258 g/mol. The number of hydrogen-bond donors (Lipinski definition) is 3. The van der Waals surface area contributed by atoms with Gasteiger partial charge >= 0.3 is 0 Å². The second-order valence-electron chi connectivity index (χ2n) is 4.23. The maximum atomic E-state index is 13.1. The summed E-state index contributed by atoms with van der Waals surface area (Å²) in [7, 11) is 0. The molecule has 1 rings (SSSR count). The van der Waals surface area contributed by atoms with Crippen LogP contribution < -0.4 is 11.1 Å². The van der Waals surface area contributed by atoms with E-state index in [9.17, 15) is 8.78 Å². The van der Waals surface area contributed by atoms with Gasteiger partial charge < -0.3 is 16.2 Å². The van der Waals surface area contributed by atoms with Crippen molar-refractivity contribution in [3.05, 3.63) is 35.4 Å². The van der Waals surface area contributed by atoms with Gasteiger partial charge in [-0.25, -0.2) is 8.78 Å². The molecule has 0 spiro atoms. The number of aliphatic hydroxyl groups excluding tert-OH is 1. The molecule has 0 saturated carbocycles. The van der Waals surface area contributed by atoms with E-state index in [2.05, 4.69) is 5.32 Å². The van der Waals surface area contributed by atoms with Crippen LogP contribution in [0.25, 0.3) is 0 Å². The number of nitrogens with one attached hydrogen (secondary N) is 1. The standard InChI is InChI=1S/C13H20F2N2O/c14-11-6-10(7-12(15)8-11)13(9-16)17-4-2-1-3-5-18/h6-8,13,17-18H,1-5,9,16H2. The van der Waals surface area contributed by atoms with E-state index in [1.807, 2.05) is 0 Å². The fraction of sp³-hybridized carbons (Fsp3) is 0.538. The molecule has 4 N–H and O–H groups in total. The first-order chi connectivity index (χ1) is 8.67. The first-order valence-electron chi connectivity index (χ1n) is 6.17. The minimum Gasteiger partial charge on any atom is -0.396 e.